The number of halogens is 2. The van der Waals surface area contributed by atoms with Crippen LogP contribution in [0.3, 0.4) is 0 Å². The molecule has 0 saturated heterocycles. The summed E-state index contributed by atoms with van der Waals surface area (Å²) in [5.41, 5.74) is 0.720. The lowest BCUT2D eigenvalue weighted by molar-refractivity contribution is -0.126. The lowest BCUT2D eigenvalue weighted by atomic mass is 10.1. The van der Waals surface area contributed by atoms with Crippen LogP contribution in [0.15, 0.2) is 18.2 Å². The van der Waals surface area contributed by atoms with Crippen LogP contribution in [0.4, 0.5) is 4.39 Å². The predicted octanol–water partition coefficient (Wildman–Crippen LogP) is 2.11. The van der Waals surface area contributed by atoms with Crippen molar-refractivity contribution >= 4 is 17.5 Å². The average molecular weight is 260 g/mol. The van der Waals surface area contributed by atoms with Crippen LogP contribution in [0.1, 0.15) is 18.9 Å². The second kappa shape index (κ2) is 6.57. The molecule has 1 atom stereocenters. The van der Waals surface area contributed by atoms with Crippen molar-refractivity contribution in [2.45, 2.75) is 19.9 Å². The Kier molecular flexibility index (Phi) is 5.38. The highest BCUT2D eigenvalue weighted by Crippen LogP contribution is 2.15. The Balaban J connectivity index is 2.55. The van der Waals surface area contributed by atoms with E-state index in [-0.39, 0.29) is 24.1 Å². The molecule has 0 aliphatic rings. The molecule has 1 rings (SSSR count). The van der Waals surface area contributed by atoms with Gasteiger partial charge in [0.1, 0.15) is 5.82 Å². The minimum atomic E-state index is -0.483. The van der Waals surface area contributed by atoms with E-state index in [2.05, 4.69) is 5.32 Å². The summed E-state index contributed by atoms with van der Waals surface area (Å²) in [6.45, 7) is 1.93. The highest BCUT2D eigenvalue weighted by molar-refractivity contribution is 6.30. The van der Waals surface area contributed by atoms with Crippen molar-refractivity contribution in [1.29, 1.82) is 0 Å². The Morgan fingerprint density at radius 3 is 2.82 bits per heavy atom. The quantitative estimate of drug-likeness (QED) is 0.851. The topological polar surface area (TPSA) is 49.3 Å². The summed E-state index contributed by atoms with van der Waals surface area (Å²) in [7, 11) is 0. The van der Waals surface area contributed by atoms with Crippen LogP contribution in [0.5, 0.6) is 0 Å². The number of carbonyl (C=O) groups is 1. The minimum Gasteiger partial charge on any atom is -0.396 e. The molecule has 94 valence electrons. The molecule has 0 radical (unpaired) electrons. The van der Waals surface area contributed by atoms with Gasteiger partial charge < -0.3 is 10.4 Å². The highest BCUT2D eigenvalue weighted by Gasteiger charge is 2.14. The lowest BCUT2D eigenvalue weighted by Crippen LogP contribution is -2.31. The lowest BCUT2D eigenvalue weighted by Gasteiger charge is -2.12. The first kappa shape index (κ1) is 13.9. The van der Waals surface area contributed by atoms with Gasteiger partial charge in [0, 0.05) is 6.54 Å². The summed E-state index contributed by atoms with van der Waals surface area (Å²) in [5, 5.41) is 11.6. The van der Waals surface area contributed by atoms with Gasteiger partial charge in [-0.25, -0.2) is 4.39 Å². The van der Waals surface area contributed by atoms with E-state index in [1.807, 2.05) is 6.92 Å². The van der Waals surface area contributed by atoms with Gasteiger partial charge in [-0.2, -0.15) is 0 Å². The first-order valence-corrected chi connectivity index (χ1v) is 5.78. The average Bonchev–Trinajstić information content (AvgIpc) is 2.32. The number of hydrogen-bond donors (Lipinski definition) is 2. The molecule has 5 heteroatoms. The smallest absolute Gasteiger partial charge is 0.225 e. The van der Waals surface area contributed by atoms with Gasteiger partial charge in [-0.15, -0.1) is 0 Å². The molecule has 2 N–H and O–H groups in total. The molecule has 1 aromatic rings. The minimum absolute atomic E-state index is 0.0333. The number of hydrogen-bond acceptors (Lipinski definition) is 2. The molecule has 0 aliphatic carbocycles. The first-order chi connectivity index (χ1) is 8.08. The van der Waals surface area contributed by atoms with Crippen molar-refractivity contribution in [1.82, 2.24) is 5.32 Å². The van der Waals surface area contributed by atoms with Gasteiger partial charge in [0.05, 0.1) is 17.5 Å². The molecule has 0 aliphatic heterocycles. The number of rotatable bonds is 5. The summed E-state index contributed by atoms with van der Waals surface area (Å²) in [6.07, 6.45) is 0.576. The Bertz CT molecular complexity index is 394. The molecule has 17 heavy (non-hydrogen) atoms. The molecular formula is C12H15ClFNO2. The number of amides is 1. The molecule has 0 aromatic heterocycles. The maximum absolute atomic E-state index is 12.9. The van der Waals surface area contributed by atoms with E-state index in [0.717, 1.165) is 5.56 Å². The second-order valence-corrected chi connectivity index (χ2v) is 4.16. The summed E-state index contributed by atoms with van der Waals surface area (Å²) in [6, 6.07) is 4.28. The van der Waals surface area contributed by atoms with Gasteiger partial charge in [-0.3, -0.25) is 4.79 Å². The van der Waals surface area contributed by atoms with Crippen molar-refractivity contribution in [3.05, 3.63) is 34.6 Å². The van der Waals surface area contributed by atoms with Crippen LogP contribution < -0.4 is 5.32 Å². The van der Waals surface area contributed by atoms with E-state index in [4.69, 9.17) is 16.7 Å². The van der Waals surface area contributed by atoms with Crippen LogP contribution in [-0.4, -0.2) is 17.6 Å². The monoisotopic (exact) mass is 259 g/mol. The van der Waals surface area contributed by atoms with Gasteiger partial charge >= 0.3 is 0 Å². The fraction of sp³-hybridized carbons (Fsp3) is 0.417. The van der Waals surface area contributed by atoms with E-state index in [0.29, 0.717) is 6.42 Å². The van der Waals surface area contributed by atoms with Crippen LogP contribution >= 0.6 is 11.6 Å². The van der Waals surface area contributed by atoms with E-state index >= 15 is 0 Å². The maximum atomic E-state index is 12.9. The normalized spacial score (nSPS) is 12.2. The summed E-state index contributed by atoms with van der Waals surface area (Å²) < 4.78 is 12.9. The standard InChI is InChI=1S/C12H15ClFNO2/c1-2-9(7-16)12(17)15-6-8-3-4-11(14)10(13)5-8/h3-5,9,16H,2,6-7H2,1H3,(H,15,17). The molecular weight excluding hydrogens is 245 g/mol. The highest BCUT2D eigenvalue weighted by atomic mass is 35.5. The van der Waals surface area contributed by atoms with Crippen molar-refractivity contribution in [3.8, 4) is 0 Å². The SMILES string of the molecule is CCC(CO)C(=O)NCc1ccc(F)c(Cl)c1. The van der Waals surface area contributed by atoms with E-state index in [1.54, 1.807) is 6.07 Å². The van der Waals surface area contributed by atoms with Crippen molar-refractivity contribution in [2.24, 2.45) is 5.92 Å². The fourth-order valence-electron chi connectivity index (χ4n) is 1.38. The molecule has 0 bridgehead atoms. The number of carbonyl (C=O) groups excluding carboxylic acids is 1. The van der Waals surface area contributed by atoms with Crippen molar-refractivity contribution < 1.29 is 14.3 Å². The van der Waals surface area contributed by atoms with Crippen LogP contribution in [-0.2, 0) is 11.3 Å². The van der Waals surface area contributed by atoms with Crippen molar-refractivity contribution in [2.75, 3.05) is 6.61 Å². The maximum Gasteiger partial charge on any atom is 0.225 e. The molecule has 1 unspecified atom stereocenters. The molecule has 1 amide bonds. The third kappa shape index (κ3) is 3.98. The predicted molar refractivity (Wildman–Crippen MR) is 64.1 cm³/mol. The van der Waals surface area contributed by atoms with E-state index < -0.39 is 11.7 Å². The third-order valence-corrected chi connectivity index (χ3v) is 2.82. The Morgan fingerprint density at radius 2 is 2.29 bits per heavy atom. The van der Waals surface area contributed by atoms with Crippen LogP contribution in [0.25, 0.3) is 0 Å². The molecule has 1 aromatic carbocycles. The van der Waals surface area contributed by atoms with Gasteiger partial charge in [0.15, 0.2) is 0 Å². The number of nitrogens with one attached hydrogen (secondary N) is 1. The van der Waals surface area contributed by atoms with E-state index in [1.165, 1.54) is 12.1 Å². The zero-order valence-corrected chi connectivity index (χ0v) is 10.3. The molecule has 0 heterocycles. The van der Waals surface area contributed by atoms with Gasteiger partial charge in [-0.05, 0) is 24.1 Å². The Hall–Kier alpha value is -1.13. The summed E-state index contributed by atoms with van der Waals surface area (Å²) in [4.78, 5) is 11.6. The van der Waals surface area contributed by atoms with Gasteiger partial charge in [-0.1, -0.05) is 24.6 Å². The molecule has 0 spiro atoms. The van der Waals surface area contributed by atoms with Crippen LogP contribution in [0, 0.1) is 11.7 Å². The molecule has 0 fully saturated rings. The summed E-state index contributed by atoms with van der Waals surface area (Å²) >= 11 is 5.62. The Labute approximate surface area is 105 Å². The van der Waals surface area contributed by atoms with E-state index in [9.17, 15) is 9.18 Å². The van der Waals surface area contributed by atoms with Gasteiger partial charge in [0.25, 0.3) is 0 Å². The number of benzene rings is 1. The zero-order valence-electron chi connectivity index (χ0n) is 9.54. The van der Waals surface area contributed by atoms with Crippen molar-refractivity contribution in [3.63, 3.8) is 0 Å². The summed E-state index contributed by atoms with van der Waals surface area (Å²) in [5.74, 6) is -1.09. The molecule has 3 nitrogen and oxygen atoms in total. The fourth-order valence-corrected chi connectivity index (χ4v) is 1.58. The number of aliphatic hydroxyl groups excluding tert-OH is 1. The molecule has 0 saturated carbocycles. The zero-order chi connectivity index (χ0) is 12.8. The van der Waals surface area contributed by atoms with Crippen LogP contribution in [0.2, 0.25) is 5.02 Å². The van der Waals surface area contributed by atoms with Gasteiger partial charge in [0.2, 0.25) is 5.91 Å². The first-order valence-electron chi connectivity index (χ1n) is 5.41. The Morgan fingerprint density at radius 1 is 1.59 bits per heavy atom. The second-order valence-electron chi connectivity index (χ2n) is 3.75. The largest absolute Gasteiger partial charge is 0.396 e. The number of aliphatic hydroxyl groups is 1. The third-order valence-electron chi connectivity index (χ3n) is 2.53.